The summed E-state index contributed by atoms with van der Waals surface area (Å²) in [6.07, 6.45) is 0.286. The molecule has 3 rings (SSSR count). The standard InChI is InChI=1S/C18H15FN2O3S/c19-12-3-1-11(2-4-12)10-24-13-5-6-14-15(9-13)18(23)21(17(14)22)8-7-16(20)25/h1-6,9H,7-8,10H2,(H2,20,25). The highest BCUT2D eigenvalue weighted by Crippen LogP contribution is 2.27. The molecule has 2 amide bonds. The number of benzene rings is 2. The molecule has 2 aromatic carbocycles. The van der Waals surface area contributed by atoms with Crippen LogP contribution in [0.5, 0.6) is 5.75 Å². The lowest BCUT2D eigenvalue weighted by Crippen LogP contribution is -2.32. The lowest BCUT2D eigenvalue weighted by Gasteiger charge is -2.12. The summed E-state index contributed by atoms with van der Waals surface area (Å²) in [4.78, 5) is 26.1. The van der Waals surface area contributed by atoms with Gasteiger partial charge in [-0.25, -0.2) is 4.39 Å². The van der Waals surface area contributed by atoms with Crippen molar-refractivity contribution in [2.75, 3.05) is 6.54 Å². The van der Waals surface area contributed by atoms with Crippen LogP contribution in [0.4, 0.5) is 4.39 Å². The van der Waals surface area contributed by atoms with E-state index in [0.717, 1.165) is 10.5 Å². The van der Waals surface area contributed by atoms with Crippen molar-refractivity contribution in [3.63, 3.8) is 0 Å². The molecule has 2 N–H and O–H groups in total. The third-order valence-corrected chi connectivity index (χ3v) is 4.05. The topological polar surface area (TPSA) is 72.6 Å². The summed E-state index contributed by atoms with van der Waals surface area (Å²) < 4.78 is 18.5. The number of thiocarbonyl (C=S) groups is 1. The molecule has 0 spiro atoms. The fourth-order valence-electron chi connectivity index (χ4n) is 2.53. The van der Waals surface area contributed by atoms with E-state index in [1.807, 2.05) is 0 Å². The largest absolute Gasteiger partial charge is 0.489 e. The van der Waals surface area contributed by atoms with E-state index in [-0.39, 0.29) is 42.2 Å². The number of amides is 2. The van der Waals surface area contributed by atoms with Crippen LogP contribution in [0.25, 0.3) is 0 Å². The minimum absolute atomic E-state index is 0.160. The van der Waals surface area contributed by atoms with Gasteiger partial charge in [0.1, 0.15) is 18.2 Å². The molecule has 0 atom stereocenters. The van der Waals surface area contributed by atoms with Crippen LogP contribution >= 0.6 is 12.2 Å². The highest BCUT2D eigenvalue weighted by atomic mass is 32.1. The Morgan fingerprint density at radius 1 is 1.08 bits per heavy atom. The zero-order valence-corrected chi connectivity index (χ0v) is 14.0. The van der Waals surface area contributed by atoms with Gasteiger partial charge in [0, 0.05) is 13.0 Å². The average Bonchev–Trinajstić information content (AvgIpc) is 2.83. The van der Waals surface area contributed by atoms with E-state index in [9.17, 15) is 14.0 Å². The number of nitrogens with two attached hydrogens (primary N) is 1. The summed E-state index contributed by atoms with van der Waals surface area (Å²) in [5, 5.41) is 0. The number of imide groups is 1. The van der Waals surface area contributed by atoms with Crippen molar-refractivity contribution >= 4 is 29.0 Å². The third-order valence-electron chi connectivity index (χ3n) is 3.84. The second kappa shape index (κ2) is 6.98. The highest BCUT2D eigenvalue weighted by Gasteiger charge is 2.35. The Kier molecular flexibility index (Phi) is 4.76. The number of carbonyl (C=O) groups is 2. The van der Waals surface area contributed by atoms with E-state index in [4.69, 9.17) is 22.7 Å². The Bertz CT molecular complexity index is 852. The molecule has 1 aliphatic heterocycles. The second-order valence-electron chi connectivity index (χ2n) is 5.60. The zero-order chi connectivity index (χ0) is 18.0. The molecular weight excluding hydrogens is 343 g/mol. The molecule has 0 bridgehead atoms. The van der Waals surface area contributed by atoms with E-state index in [1.165, 1.54) is 12.1 Å². The van der Waals surface area contributed by atoms with E-state index in [1.54, 1.807) is 30.3 Å². The first-order valence-corrected chi connectivity index (χ1v) is 8.02. The van der Waals surface area contributed by atoms with Crippen LogP contribution in [-0.2, 0) is 6.61 Å². The summed E-state index contributed by atoms with van der Waals surface area (Å²) in [6.45, 7) is 0.389. The number of ether oxygens (including phenoxy) is 1. The van der Waals surface area contributed by atoms with E-state index >= 15 is 0 Å². The van der Waals surface area contributed by atoms with E-state index in [0.29, 0.717) is 16.9 Å². The molecule has 0 aliphatic carbocycles. The van der Waals surface area contributed by atoms with Crippen molar-refractivity contribution < 1.29 is 18.7 Å². The molecule has 7 heteroatoms. The molecular formula is C18H15FN2O3S. The Hall–Kier alpha value is -2.80. The predicted molar refractivity (Wildman–Crippen MR) is 93.9 cm³/mol. The van der Waals surface area contributed by atoms with Gasteiger partial charge in [0.2, 0.25) is 0 Å². The van der Waals surface area contributed by atoms with Gasteiger partial charge in [-0.1, -0.05) is 24.4 Å². The van der Waals surface area contributed by atoms with Crippen molar-refractivity contribution in [1.82, 2.24) is 4.90 Å². The maximum Gasteiger partial charge on any atom is 0.261 e. The first kappa shape index (κ1) is 17.0. The van der Waals surface area contributed by atoms with Crippen LogP contribution in [-0.4, -0.2) is 28.2 Å². The van der Waals surface area contributed by atoms with Gasteiger partial charge in [0.25, 0.3) is 11.8 Å². The van der Waals surface area contributed by atoms with Gasteiger partial charge in [-0.2, -0.15) is 0 Å². The van der Waals surface area contributed by atoms with Crippen molar-refractivity contribution in [3.8, 4) is 5.75 Å². The van der Waals surface area contributed by atoms with Crippen LogP contribution < -0.4 is 10.5 Å². The van der Waals surface area contributed by atoms with Crippen LogP contribution in [0.3, 0.4) is 0 Å². The second-order valence-corrected chi connectivity index (χ2v) is 6.13. The van der Waals surface area contributed by atoms with Crippen molar-refractivity contribution in [2.45, 2.75) is 13.0 Å². The molecule has 0 saturated carbocycles. The van der Waals surface area contributed by atoms with Crippen molar-refractivity contribution in [3.05, 3.63) is 65.0 Å². The lowest BCUT2D eigenvalue weighted by atomic mass is 10.1. The SMILES string of the molecule is NC(=S)CCN1C(=O)c2ccc(OCc3ccc(F)cc3)cc2C1=O. The molecule has 128 valence electrons. The number of carbonyl (C=O) groups excluding carboxylic acids is 2. The smallest absolute Gasteiger partial charge is 0.261 e. The Morgan fingerprint density at radius 2 is 1.76 bits per heavy atom. The lowest BCUT2D eigenvalue weighted by molar-refractivity contribution is 0.0658. The summed E-state index contributed by atoms with van der Waals surface area (Å²) in [7, 11) is 0. The number of hydrogen-bond acceptors (Lipinski definition) is 4. The first-order chi connectivity index (χ1) is 12.0. The van der Waals surface area contributed by atoms with E-state index < -0.39 is 0 Å². The van der Waals surface area contributed by atoms with Gasteiger partial charge in [-0.15, -0.1) is 0 Å². The average molecular weight is 358 g/mol. The number of fused-ring (bicyclic) bond motifs is 1. The quantitative estimate of drug-likeness (QED) is 0.635. The highest BCUT2D eigenvalue weighted by molar-refractivity contribution is 7.80. The molecule has 0 unspecified atom stereocenters. The van der Waals surface area contributed by atoms with Gasteiger partial charge >= 0.3 is 0 Å². The maximum absolute atomic E-state index is 12.9. The van der Waals surface area contributed by atoms with Crippen LogP contribution in [0.1, 0.15) is 32.7 Å². The summed E-state index contributed by atoms with van der Waals surface area (Å²) in [6, 6.07) is 10.7. The predicted octanol–water partition coefficient (Wildman–Crippen LogP) is 2.68. The Morgan fingerprint density at radius 3 is 2.44 bits per heavy atom. The number of hydrogen-bond donors (Lipinski definition) is 1. The van der Waals surface area contributed by atoms with Crippen LogP contribution in [0, 0.1) is 5.82 Å². The molecule has 25 heavy (non-hydrogen) atoms. The van der Waals surface area contributed by atoms with E-state index in [2.05, 4.69) is 0 Å². The van der Waals surface area contributed by atoms with Gasteiger partial charge < -0.3 is 10.5 Å². The Balaban J connectivity index is 1.73. The minimum Gasteiger partial charge on any atom is -0.489 e. The fourth-order valence-corrected chi connectivity index (χ4v) is 2.62. The molecule has 0 radical (unpaired) electrons. The fraction of sp³-hybridized carbons (Fsp3) is 0.167. The monoisotopic (exact) mass is 358 g/mol. The molecule has 0 fully saturated rings. The first-order valence-electron chi connectivity index (χ1n) is 7.61. The molecule has 5 nitrogen and oxygen atoms in total. The summed E-state index contributed by atoms with van der Waals surface area (Å²) in [5.74, 6) is -0.604. The van der Waals surface area contributed by atoms with Crippen molar-refractivity contribution in [1.29, 1.82) is 0 Å². The van der Waals surface area contributed by atoms with Gasteiger partial charge in [0.05, 0.1) is 16.1 Å². The molecule has 0 saturated heterocycles. The zero-order valence-electron chi connectivity index (χ0n) is 13.2. The van der Waals surface area contributed by atoms with Crippen LogP contribution in [0.15, 0.2) is 42.5 Å². The van der Waals surface area contributed by atoms with Crippen LogP contribution in [0.2, 0.25) is 0 Å². The molecule has 2 aromatic rings. The third kappa shape index (κ3) is 3.66. The van der Waals surface area contributed by atoms with Gasteiger partial charge in [0.15, 0.2) is 0 Å². The van der Waals surface area contributed by atoms with Crippen molar-refractivity contribution in [2.24, 2.45) is 5.73 Å². The minimum atomic E-state index is -0.386. The number of halogens is 1. The molecule has 1 aliphatic rings. The molecule has 1 heterocycles. The maximum atomic E-state index is 12.9. The van der Waals surface area contributed by atoms with Gasteiger partial charge in [-0.3, -0.25) is 14.5 Å². The Labute approximate surface area is 149 Å². The normalized spacial score (nSPS) is 13.1. The summed E-state index contributed by atoms with van der Waals surface area (Å²) in [5.41, 5.74) is 6.86. The molecule has 0 aromatic heterocycles. The number of nitrogens with zero attached hydrogens (tertiary/aromatic N) is 1. The van der Waals surface area contributed by atoms with Gasteiger partial charge in [-0.05, 0) is 35.9 Å². The number of rotatable bonds is 6. The summed E-state index contributed by atoms with van der Waals surface area (Å²) >= 11 is 4.79.